The highest BCUT2D eigenvalue weighted by Gasteiger charge is 2.40. The average Bonchev–Trinajstić information content (AvgIpc) is 3.02. The summed E-state index contributed by atoms with van der Waals surface area (Å²) in [6.45, 7) is 2.11. The molecule has 0 unspecified atom stereocenters. The van der Waals surface area contributed by atoms with E-state index in [1.165, 1.54) is 11.1 Å². The summed E-state index contributed by atoms with van der Waals surface area (Å²) in [5.74, 6) is 0.719. The molecule has 4 rings (SSSR count). The van der Waals surface area contributed by atoms with Gasteiger partial charge < -0.3 is 5.32 Å². The lowest BCUT2D eigenvalue weighted by Gasteiger charge is -2.39. The highest BCUT2D eigenvalue weighted by molar-refractivity contribution is 6.42. The molecule has 1 N–H and O–H groups in total. The molecule has 0 radical (unpaired) electrons. The highest BCUT2D eigenvalue weighted by Crippen LogP contribution is 2.53. The fraction of sp³-hybridized carbons (Fsp3) is 0.263. The van der Waals surface area contributed by atoms with Crippen molar-refractivity contribution in [3.8, 4) is 0 Å². The summed E-state index contributed by atoms with van der Waals surface area (Å²) in [6.07, 6.45) is 5.53. The topological polar surface area (TPSA) is 12.0 Å². The first kappa shape index (κ1) is 15.4. The second-order valence-corrected chi connectivity index (χ2v) is 7.46. The molecule has 2 aliphatic rings. The molecule has 0 fully saturated rings. The Morgan fingerprint density at radius 1 is 1.04 bits per heavy atom. The Morgan fingerprint density at radius 2 is 1.87 bits per heavy atom. The smallest absolute Gasteiger partial charge is 0.0645 e. The molecule has 0 saturated carbocycles. The molecule has 4 heteroatoms. The Kier molecular flexibility index (Phi) is 3.84. The lowest BCUT2D eigenvalue weighted by molar-refractivity contribution is 0.425. The molecule has 1 aliphatic carbocycles. The van der Waals surface area contributed by atoms with Gasteiger partial charge in [-0.1, -0.05) is 65.2 Å². The van der Waals surface area contributed by atoms with E-state index in [-0.39, 0.29) is 6.04 Å². The molecule has 0 saturated heterocycles. The van der Waals surface area contributed by atoms with Gasteiger partial charge in [-0.2, -0.15) is 0 Å². The molecule has 0 bridgehead atoms. The van der Waals surface area contributed by atoms with Gasteiger partial charge in [0.25, 0.3) is 0 Å². The lowest BCUT2D eigenvalue weighted by atomic mass is 9.76. The van der Waals surface area contributed by atoms with Crippen LogP contribution < -0.4 is 5.32 Å². The predicted octanol–water partition coefficient (Wildman–Crippen LogP) is 6.78. The lowest BCUT2D eigenvalue weighted by Crippen LogP contribution is -2.30. The molecular formula is C19H16Cl3N. The van der Waals surface area contributed by atoms with Crippen LogP contribution in [0, 0.1) is 12.8 Å². The van der Waals surface area contributed by atoms with Crippen molar-refractivity contribution in [2.45, 2.75) is 25.3 Å². The number of anilines is 1. The third-order valence-corrected chi connectivity index (χ3v) is 6.15. The summed E-state index contributed by atoms with van der Waals surface area (Å²) in [5, 5.41) is 5.76. The molecule has 1 nitrogen and oxygen atoms in total. The third kappa shape index (κ3) is 2.38. The van der Waals surface area contributed by atoms with Crippen LogP contribution in [0.1, 0.15) is 35.1 Å². The summed E-state index contributed by atoms with van der Waals surface area (Å²) < 4.78 is 0. The zero-order chi connectivity index (χ0) is 16.1. The second kappa shape index (κ2) is 5.73. The zero-order valence-corrected chi connectivity index (χ0v) is 14.9. The zero-order valence-electron chi connectivity index (χ0n) is 12.6. The molecule has 2 aromatic carbocycles. The van der Waals surface area contributed by atoms with Crippen LogP contribution in [0.15, 0.2) is 42.5 Å². The normalized spacial score (nSPS) is 25.0. The molecular weight excluding hydrogens is 349 g/mol. The van der Waals surface area contributed by atoms with E-state index >= 15 is 0 Å². The number of nitrogens with one attached hydrogen (secondary N) is 1. The van der Waals surface area contributed by atoms with Gasteiger partial charge in [-0.3, -0.25) is 0 Å². The van der Waals surface area contributed by atoms with Crippen molar-refractivity contribution in [1.82, 2.24) is 0 Å². The van der Waals surface area contributed by atoms with Crippen molar-refractivity contribution < 1.29 is 0 Å². The first-order chi connectivity index (χ1) is 11.1. The maximum Gasteiger partial charge on any atom is 0.0645 e. The summed E-state index contributed by atoms with van der Waals surface area (Å²) in [6, 6.07) is 10.0. The van der Waals surface area contributed by atoms with E-state index in [1.54, 1.807) is 0 Å². The first-order valence-electron chi connectivity index (χ1n) is 7.74. The van der Waals surface area contributed by atoms with Gasteiger partial charge >= 0.3 is 0 Å². The minimum Gasteiger partial charge on any atom is -0.377 e. The maximum absolute atomic E-state index is 6.51. The van der Waals surface area contributed by atoms with Crippen LogP contribution in [0.5, 0.6) is 0 Å². The number of fused-ring (bicyclic) bond motifs is 3. The van der Waals surface area contributed by atoms with Gasteiger partial charge in [0, 0.05) is 22.2 Å². The Morgan fingerprint density at radius 3 is 2.70 bits per heavy atom. The Labute approximate surface area is 151 Å². The first-order valence-corrected chi connectivity index (χ1v) is 8.87. The fourth-order valence-electron chi connectivity index (χ4n) is 3.88. The summed E-state index contributed by atoms with van der Waals surface area (Å²) >= 11 is 19.2. The molecule has 0 spiro atoms. The summed E-state index contributed by atoms with van der Waals surface area (Å²) in [5.41, 5.74) is 4.60. The van der Waals surface area contributed by atoms with E-state index in [1.807, 2.05) is 18.2 Å². The van der Waals surface area contributed by atoms with Crippen molar-refractivity contribution in [3.63, 3.8) is 0 Å². The fourth-order valence-corrected chi connectivity index (χ4v) is 4.59. The minimum atomic E-state index is 0.130. The molecule has 118 valence electrons. The van der Waals surface area contributed by atoms with E-state index in [2.05, 4.69) is 36.5 Å². The standard InChI is InChI=1S/C19H16Cl3N/c1-10-8-9-14(20)16-11-4-2-5-12(11)19(23-18(10)16)13-6-3-7-15(21)17(13)22/h2-4,6-9,11-12,19,23H,5H2,1H3/t11-,12+,19-/m0/s1. The quantitative estimate of drug-likeness (QED) is 0.550. The van der Waals surface area contributed by atoms with E-state index in [0.29, 0.717) is 21.9 Å². The van der Waals surface area contributed by atoms with Crippen LogP contribution in [-0.2, 0) is 0 Å². The van der Waals surface area contributed by atoms with Crippen LogP contribution in [0.2, 0.25) is 15.1 Å². The monoisotopic (exact) mass is 363 g/mol. The predicted molar refractivity (Wildman–Crippen MR) is 99.0 cm³/mol. The number of benzene rings is 2. The number of aryl methyl sites for hydroxylation is 1. The van der Waals surface area contributed by atoms with E-state index in [0.717, 1.165) is 22.7 Å². The van der Waals surface area contributed by atoms with E-state index in [4.69, 9.17) is 34.8 Å². The van der Waals surface area contributed by atoms with Crippen LogP contribution >= 0.6 is 34.8 Å². The number of rotatable bonds is 1. The molecule has 1 heterocycles. The van der Waals surface area contributed by atoms with Crippen molar-refractivity contribution >= 4 is 40.5 Å². The van der Waals surface area contributed by atoms with Gasteiger partial charge in [-0.05, 0) is 42.5 Å². The van der Waals surface area contributed by atoms with Gasteiger partial charge in [0.05, 0.1) is 16.1 Å². The molecule has 2 aromatic rings. The van der Waals surface area contributed by atoms with Gasteiger partial charge in [-0.25, -0.2) is 0 Å². The van der Waals surface area contributed by atoms with Crippen LogP contribution in [-0.4, -0.2) is 0 Å². The summed E-state index contributed by atoms with van der Waals surface area (Å²) in [4.78, 5) is 0. The highest BCUT2D eigenvalue weighted by atomic mass is 35.5. The van der Waals surface area contributed by atoms with Gasteiger partial charge in [0.15, 0.2) is 0 Å². The maximum atomic E-state index is 6.51. The average molecular weight is 365 g/mol. The molecule has 1 aliphatic heterocycles. The molecule has 3 atom stereocenters. The van der Waals surface area contributed by atoms with Crippen LogP contribution in [0.25, 0.3) is 0 Å². The molecule has 0 amide bonds. The van der Waals surface area contributed by atoms with Crippen LogP contribution in [0.4, 0.5) is 5.69 Å². The SMILES string of the molecule is Cc1ccc(Cl)c2c1N[C@H](c1cccc(Cl)c1Cl)[C@@H]1CC=C[C@H]21. The minimum absolute atomic E-state index is 0.130. The van der Waals surface area contributed by atoms with Crippen molar-refractivity contribution in [3.05, 3.63) is 74.2 Å². The number of allylic oxidation sites excluding steroid dienone is 2. The number of hydrogen-bond donors (Lipinski definition) is 1. The van der Waals surface area contributed by atoms with Gasteiger partial charge in [0.1, 0.15) is 0 Å². The largest absolute Gasteiger partial charge is 0.377 e. The Balaban J connectivity index is 1.88. The van der Waals surface area contributed by atoms with Crippen molar-refractivity contribution in [2.75, 3.05) is 5.32 Å². The van der Waals surface area contributed by atoms with Crippen molar-refractivity contribution in [1.29, 1.82) is 0 Å². The molecule has 23 heavy (non-hydrogen) atoms. The summed E-state index contributed by atoms with van der Waals surface area (Å²) in [7, 11) is 0. The van der Waals surface area contributed by atoms with Crippen molar-refractivity contribution in [2.24, 2.45) is 5.92 Å². The molecule has 0 aromatic heterocycles. The Bertz CT molecular complexity index is 813. The van der Waals surface area contributed by atoms with E-state index < -0.39 is 0 Å². The number of halogens is 3. The third-order valence-electron chi connectivity index (χ3n) is 4.99. The van der Waals surface area contributed by atoms with Gasteiger partial charge in [0.2, 0.25) is 0 Å². The van der Waals surface area contributed by atoms with Gasteiger partial charge in [-0.15, -0.1) is 0 Å². The second-order valence-electron chi connectivity index (χ2n) is 6.27. The van der Waals surface area contributed by atoms with E-state index in [9.17, 15) is 0 Å². The number of hydrogen-bond acceptors (Lipinski definition) is 1. The van der Waals surface area contributed by atoms with Crippen LogP contribution in [0.3, 0.4) is 0 Å². The Hall–Kier alpha value is -1.15.